The maximum absolute atomic E-state index is 6.40. The van der Waals surface area contributed by atoms with Crippen molar-refractivity contribution in [1.29, 1.82) is 0 Å². The lowest BCUT2D eigenvalue weighted by atomic mass is 9.97. The fourth-order valence-corrected chi connectivity index (χ4v) is 4.00. The molecule has 1 aliphatic rings. The molecule has 1 fully saturated rings. The van der Waals surface area contributed by atoms with E-state index >= 15 is 0 Å². The molecule has 0 amide bonds. The summed E-state index contributed by atoms with van der Waals surface area (Å²) < 4.78 is 30.6. The normalized spacial score (nSPS) is 22.6. The Labute approximate surface area is 201 Å². The Hall–Kier alpha value is -2.80. The number of methoxy groups -OCH3 is 1. The maximum Gasteiger partial charge on any atom is 0.182 e. The molecule has 0 spiro atoms. The smallest absolute Gasteiger partial charge is 0.182 e. The van der Waals surface area contributed by atoms with Gasteiger partial charge < -0.3 is 23.7 Å². The number of hydrogen-bond acceptors (Lipinski definition) is 5. The van der Waals surface area contributed by atoms with Crippen molar-refractivity contribution in [3.63, 3.8) is 0 Å². The van der Waals surface area contributed by atoms with E-state index < -0.39 is 18.5 Å². The summed E-state index contributed by atoms with van der Waals surface area (Å²) in [5.74, 6) is 0. The fraction of sp³-hybridized carbons (Fsp3) is 0.310. The van der Waals surface area contributed by atoms with Gasteiger partial charge in [-0.15, -0.1) is 0 Å². The molecule has 178 valence electrons. The first-order valence-electron chi connectivity index (χ1n) is 11.5. The van der Waals surface area contributed by atoms with Gasteiger partial charge in [0, 0.05) is 12.7 Å². The third kappa shape index (κ3) is 6.63. The van der Waals surface area contributed by atoms with E-state index in [9.17, 15) is 0 Å². The summed E-state index contributed by atoms with van der Waals surface area (Å²) in [6.07, 6.45) is -1.79. The van der Waals surface area contributed by atoms with Gasteiger partial charge in [0.05, 0.1) is 26.4 Å². The van der Waals surface area contributed by atoms with E-state index in [0.29, 0.717) is 32.0 Å². The molecule has 0 aromatic heterocycles. The summed E-state index contributed by atoms with van der Waals surface area (Å²) in [4.78, 5) is 0. The van der Waals surface area contributed by atoms with Crippen molar-refractivity contribution >= 4 is 0 Å². The topological polar surface area (TPSA) is 46.2 Å². The molecule has 0 N–H and O–H groups in total. The van der Waals surface area contributed by atoms with E-state index in [1.807, 2.05) is 91.0 Å². The van der Waals surface area contributed by atoms with Gasteiger partial charge in [0.2, 0.25) is 0 Å². The number of ether oxygens (including phenoxy) is 5. The Balaban J connectivity index is 1.49. The van der Waals surface area contributed by atoms with Crippen LogP contribution in [0.2, 0.25) is 0 Å². The minimum Gasteiger partial charge on any atom is -0.374 e. The SMILES string of the molecule is C=C1[C@@H](OC)O[C@H](COCc2ccccc2)[C@H](OCc2ccccc2)[C@@H]1OCc1ccccc1. The molecule has 3 aromatic rings. The molecule has 1 saturated heterocycles. The minimum atomic E-state index is -0.595. The van der Waals surface area contributed by atoms with Gasteiger partial charge in [-0.2, -0.15) is 0 Å². The van der Waals surface area contributed by atoms with Crippen molar-refractivity contribution in [2.24, 2.45) is 0 Å². The molecule has 4 rings (SSSR count). The first kappa shape index (κ1) is 24.3. The summed E-state index contributed by atoms with van der Waals surface area (Å²) in [6, 6.07) is 30.2. The second-order valence-electron chi connectivity index (χ2n) is 8.30. The zero-order chi connectivity index (χ0) is 23.6. The van der Waals surface area contributed by atoms with E-state index in [4.69, 9.17) is 23.7 Å². The van der Waals surface area contributed by atoms with Gasteiger partial charge in [0.25, 0.3) is 0 Å². The van der Waals surface area contributed by atoms with Gasteiger partial charge in [-0.05, 0) is 16.7 Å². The fourth-order valence-electron chi connectivity index (χ4n) is 4.00. The van der Waals surface area contributed by atoms with Gasteiger partial charge in [-0.25, -0.2) is 0 Å². The van der Waals surface area contributed by atoms with Gasteiger partial charge in [0.15, 0.2) is 6.29 Å². The van der Waals surface area contributed by atoms with E-state index in [1.165, 1.54) is 0 Å². The molecule has 0 unspecified atom stereocenters. The summed E-state index contributed by atoms with van der Waals surface area (Å²) in [7, 11) is 1.61. The number of rotatable bonds is 11. The molecule has 0 radical (unpaired) electrons. The van der Waals surface area contributed by atoms with E-state index in [0.717, 1.165) is 16.7 Å². The van der Waals surface area contributed by atoms with Gasteiger partial charge in [0.1, 0.15) is 18.3 Å². The lowest BCUT2D eigenvalue weighted by molar-refractivity contribution is -0.243. The average Bonchev–Trinajstić information content (AvgIpc) is 2.89. The van der Waals surface area contributed by atoms with Crippen LogP contribution < -0.4 is 0 Å². The monoisotopic (exact) mass is 460 g/mol. The minimum absolute atomic E-state index is 0.340. The zero-order valence-electron chi connectivity index (χ0n) is 19.5. The predicted molar refractivity (Wildman–Crippen MR) is 131 cm³/mol. The third-order valence-electron chi connectivity index (χ3n) is 5.80. The number of hydrogen-bond donors (Lipinski definition) is 0. The van der Waals surface area contributed by atoms with Crippen molar-refractivity contribution in [3.8, 4) is 0 Å². The highest BCUT2D eigenvalue weighted by atomic mass is 16.7. The first-order valence-corrected chi connectivity index (χ1v) is 11.5. The van der Waals surface area contributed by atoms with E-state index in [2.05, 4.69) is 6.58 Å². The number of benzene rings is 3. The van der Waals surface area contributed by atoms with Gasteiger partial charge in [-0.3, -0.25) is 0 Å². The van der Waals surface area contributed by atoms with Crippen molar-refractivity contribution in [3.05, 3.63) is 120 Å². The van der Waals surface area contributed by atoms with Crippen molar-refractivity contribution in [2.75, 3.05) is 13.7 Å². The van der Waals surface area contributed by atoms with Crippen LogP contribution in [0.25, 0.3) is 0 Å². The first-order chi connectivity index (χ1) is 16.7. The molecule has 1 aliphatic heterocycles. The van der Waals surface area contributed by atoms with Crippen LogP contribution in [0.4, 0.5) is 0 Å². The van der Waals surface area contributed by atoms with Crippen LogP contribution in [0.15, 0.2) is 103 Å². The molecule has 4 atom stereocenters. The molecule has 5 nitrogen and oxygen atoms in total. The Morgan fingerprint density at radius 1 is 0.706 bits per heavy atom. The zero-order valence-corrected chi connectivity index (χ0v) is 19.5. The van der Waals surface area contributed by atoms with Crippen LogP contribution >= 0.6 is 0 Å². The average molecular weight is 461 g/mol. The van der Waals surface area contributed by atoms with Gasteiger partial charge >= 0.3 is 0 Å². The van der Waals surface area contributed by atoms with Crippen LogP contribution in [0.5, 0.6) is 0 Å². The molecule has 0 aliphatic carbocycles. The molecule has 34 heavy (non-hydrogen) atoms. The van der Waals surface area contributed by atoms with E-state index in [1.54, 1.807) is 7.11 Å². The lowest BCUT2D eigenvalue weighted by Gasteiger charge is -2.42. The van der Waals surface area contributed by atoms with Crippen LogP contribution in [0.1, 0.15) is 16.7 Å². The molecule has 3 aromatic carbocycles. The predicted octanol–water partition coefficient (Wildman–Crippen LogP) is 5.30. The second kappa shape index (κ2) is 12.6. The molecule has 1 heterocycles. The highest BCUT2D eigenvalue weighted by Gasteiger charge is 2.43. The van der Waals surface area contributed by atoms with Crippen molar-refractivity contribution in [2.45, 2.75) is 44.4 Å². The van der Waals surface area contributed by atoms with Crippen LogP contribution in [0, 0.1) is 0 Å². The van der Waals surface area contributed by atoms with E-state index in [-0.39, 0.29) is 6.10 Å². The van der Waals surface area contributed by atoms with Crippen molar-refractivity contribution < 1.29 is 23.7 Å². The quantitative estimate of drug-likeness (QED) is 0.363. The molecule has 0 saturated carbocycles. The van der Waals surface area contributed by atoms with Crippen LogP contribution in [-0.4, -0.2) is 38.3 Å². The van der Waals surface area contributed by atoms with Gasteiger partial charge in [-0.1, -0.05) is 97.6 Å². The van der Waals surface area contributed by atoms with Crippen molar-refractivity contribution in [1.82, 2.24) is 0 Å². The highest BCUT2D eigenvalue weighted by molar-refractivity contribution is 5.18. The summed E-state index contributed by atoms with van der Waals surface area (Å²) in [5.41, 5.74) is 3.96. The summed E-state index contributed by atoms with van der Waals surface area (Å²) in [6.45, 7) is 5.92. The largest absolute Gasteiger partial charge is 0.374 e. The summed E-state index contributed by atoms with van der Waals surface area (Å²) >= 11 is 0. The van der Waals surface area contributed by atoms with Crippen LogP contribution in [0.3, 0.4) is 0 Å². The summed E-state index contributed by atoms with van der Waals surface area (Å²) in [5, 5.41) is 0. The molecule has 0 bridgehead atoms. The Kier molecular flexibility index (Phi) is 9.02. The third-order valence-corrected chi connectivity index (χ3v) is 5.80. The van der Waals surface area contributed by atoms with Crippen LogP contribution in [-0.2, 0) is 43.5 Å². The Morgan fingerprint density at radius 2 is 1.21 bits per heavy atom. The molecule has 5 heteroatoms. The highest BCUT2D eigenvalue weighted by Crippen LogP contribution is 2.31. The Bertz CT molecular complexity index is 993. The second-order valence-corrected chi connectivity index (χ2v) is 8.30. The maximum atomic E-state index is 6.40. The standard InChI is InChI=1S/C29H32O5/c1-22-27(32-19-24-14-8-4-9-15-24)28(33-20-25-16-10-5-11-17-25)26(34-29(22)30-2)21-31-18-23-12-6-3-7-13-23/h3-17,26-29H,1,18-21H2,2H3/t26-,27-,28+,29+/m1/s1. The molecular weight excluding hydrogens is 428 g/mol. The molecular formula is C29H32O5. The Morgan fingerprint density at radius 3 is 1.74 bits per heavy atom. The lowest BCUT2D eigenvalue weighted by Crippen LogP contribution is -2.54.